The Labute approximate surface area is 165 Å². The van der Waals surface area contributed by atoms with Crippen LogP contribution in [0.1, 0.15) is 41.0 Å². The molecule has 1 aromatic carbocycles. The molecule has 0 atom stereocenters. The van der Waals surface area contributed by atoms with Crippen LogP contribution in [-0.2, 0) is 6.54 Å². The third kappa shape index (κ3) is 4.91. The lowest BCUT2D eigenvalue weighted by Crippen LogP contribution is -2.23. The van der Waals surface area contributed by atoms with E-state index in [0.29, 0.717) is 18.0 Å². The Morgan fingerprint density at radius 3 is 2.43 bits per heavy atom. The van der Waals surface area contributed by atoms with Crippen LogP contribution in [0.4, 0.5) is 0 Å². The lowest BCUT2D eigenvalue weighted by Gasteiger charge is -2.09. The van der Waals surface area contributed by atoms with E-state index in [1.807, 2.05) is 52.0 Å². The summed E-state index contributed by atoms with van der Waals surface area (Å²) in [6, 6.07) is 12.9. The van der Waals surface area contributed by atoms with Gasteiger partial charge >= 0.3 is 0 Å². The number of hydrogen-bond acceptors (Lipinski definition) is 5. The van der Waals surface area contributed by atoms with Gasteiger partial charge in [-0.25, -0.2) is 0 Å². The van der Waals surface area contributed by atoms with Crippen LogP contribution in [0.25, 0.3) is 11.3 Å². The number of benzene rings is 1. The number of carbonyl (C=O) groups excluding carboxylic acids is 1. The second-order valence-corrected chi connectivity index (χ2v) is 6.94. The fraction of sp³-hybridized carbons (Fsp3) is 0.273. The van der Waals surface area contributed by atoms with E-state index < -0.39 is 0 Å². The summed E-state index contributed by atoms with van der Waals surface area (Å²) in [6.45, 7) is 8.30. The topological polar surface area (TPSA) is 77.0 Å². The number of amides is 1. The molecule has 0 unspecified atom stereocenters. The molecule has 0 aliphatic heterocycles. The standard InChI is InChI=1S/C22H24N4O2/c1-14(2)28-21-10-9-20(25-26-21)17-5-7-18(8-6-17)22(27)24-13-19-12-23-16(4)11-15(19)3/h5-12,14H,13H2,1-4H3,(H,24,27). The third-order valence-corrected chi connectivity index (χ3v) is 4.23. The maximum Gasteiger partial charge on any atom is 0.251 e. The molecule has 0 spiro atoms. The molecule has 28 heavy (non-hydrogen) atoms. The van der Waals surface area contributed by atoms with Crippen molar-refractivity contribution < 1.29 is 9.53 Å². The van der Waals surface area contributed by atoms with E-state index >= 15 is 0 Å². The number of pyridine rings is 1. The molecule has 1 N–H and O–H groups in total. The van der Waals surface area contributed by atoms with Crippen LogP contribution in [0, 0.1) is 13.8 Å². The van der Waals surface area contributed by atoms with Gasteiger partial charge in [0.25, 0.3) is 5.91 Å². The second kappa shape index (κ2) is 8.61. The van der Waals surface area contributed by atoms with Crippen molar-refractivity contribution in [3.63, 3.8) is 0 Å². The second-order valence-electron chi connectivity index (χ2n) is 6.94. The molecule has 0 saturated heterocycles. The van der Waals surface area contributed by atoms with E-state index in [4.69, 9.17) is 4.74 Å². The van der Waals surface area contributed by atoms with E-state index in [9.17, 15) is 4.79 Å². The van der Waals surface area contributed by atoms with Gasteiger partial charge in [-0.3, -0.25) is 9.78 Å². The molecule has 6 heteroatoms. The maximum atomic E-state index is 12.4. The molecule has 144 valence electrons. The number of aryl methyl sites for hydroxylation is 2. The molecule has 2 heterocycles. The number of aromatic nitrogens is 3. The first-order chi connectivity index (χ1) is 13.4. The van der Waals surface area contributed by atoms with Crippen molar-refractivity contribution in [2.45, 2.75) is 40.3 Å². The lowest BCUT2D eigenvalue weighted by atomic mass is 10.1. The highest BCUT2D eigenvalue weighted by Crippen LogP contribution is 2.19. The van der Waals surface area contributed by atoms with E-state index in [2.05, 4.69) is 20.5 Å². The average Bonchev–Trinajstić information content (AvgIpc) is 2.67. The molecular formula is C22H24N4O2. The average molecular weight is 376 g/mol. The summed E-state index contributed by atoms with van der Waals surface area (Å²) >= 11 is 0. The van der Waals surface area contributed by atoms with Gasteiger partial charge < -0.3 is 10.1 Å². The summed E-state index contributed by atoms with van der Waals surface area (Å²) in [5.41, 5.74) is 5.30. The Morgan fingerprint density at radius 1 is 1.07 bits per heavy atom. The zero-order chi connectivity index (χ0) is 20.1. The quantitative estimate of drug-likeness (QED) is 0.707. The molecule has 0 saturated carbocycles. The molecule has 3 rings (SSSR count). The number of hydrogen-bond donors (Lipinski definition) is 1. The predicted octanol–water partition coefficient (Wildman–Crippen LogP) is 3.87. The fourth-order valence-electron chi connectivity index (χ4n) is 2.76. The van der Waals surface area contributed by atoms with E-state index in [-0.39, 0.29) is 12.0 Å². The summed E-state index contributed by atoms with van der Waals surface area (Å²) in [5, 5.41) is 11.2. The van der Waals surface area contributed by atoms with Gasteiger partial charge in [0.1, 0.15) is 0 Å². The first-order valence-corrected chi connectivity index (χ1v) is 9.23. The zero-order valence-corrected chi connectivity index (χ0v) is 16.6. The SMILES string of the molecule is Cc1cc(C)c(CNC(=O)c2ccc(-c3ccc(OC(C)C)nn3)cc2)cn1. The van der Waals surface area contributed by atoms with Crippen molar-refractivity contribution in [2.75, 3.05) is 0 Å². The zero-order valence-electron chi connectivity index (χ0n) is 16.6. The van der Waals surface area contributed by atoms with Crippen LogP contribution in [0.15, 0.2) is 48.7 Å². The van der Waals surface area contributed by atoms with Gasteiger partial charge in [-0.2, -0.15) is 0 Å². The Morgan fingerprint density at radius 2 is 1.82 bits per heavy atom. The highest BCUT2D eigenvalue weighted by Gasteiger charge is 2.09. The summed E-state index contributed by atoms with van der Waals surface area (Å²) in [7, 11) is 0. The first-order valence-electron chi connectivity index (χ1n) is 9.23. The van der Waals surface area contributed by atoms with Gasteiger partial charge in [0.15, 0.2) is 0 Å². The van der Waals surface area contributed by atoms with Crippen LogP contribution in [0.2, 0.25) is 0 Å². The summed E-state index contributed by atoms with van der Waals surface area (Å²) in [6.07, 6.45) is 1.86. The van der Waals surface area contributed by atoms with Crippen LogP contribution >= 0.6 is 0 Å². The first kappa shape index (κ1) is 19.5. The Balaban J connectivity index is 1.64. The largest absolute Gasteiger partial charge is 0.474 e. The minimum absolute atomic E-state index is 0.0532. The smallest absolute Gasteiger partial charge is 0.251 e. The van der Waals surface area contributed by atoms with Crippen molar-refractivity contribution in [1.82, 2.24) is 20.5 Å². The molecule has 2 aromatic heterocycles. The molecule has 0 fully saturated rings. The number of nitrogens with one attached hydrogen (secondary N) is 1. The molecular weight excluding hydrogens is 352 g/mol. The van der Waals surface area contributed by atoms with Gasteiger partial charge in [-0.1, -0.05) is 12.1 Å². The van der Waals surface area contributed by atoms with E-state index in [1.54, 1.807) is 24.4 Å². The van der Waals surface area contributed by atoms with Gasteiger partial charge in [0.2, 0.25) is 5.88 Å². The van der Waals surface area contributed by atoms with Crippen molar-refractivity contribution in [3.05, 3.63) is 71.0 Å². The van der Waals surface area contributed by atoms with E-state index in [1.165, 1.54) is 0 Å². The van der Waals surface area contributed by atoms with Crippen LogP contribution in [0.3, 0.4) is 0 Å². The highest BCUT2D eigenvalue weighted by atomic mass is 16.5. The molecule has 3 aromatic rings. The monoisotopic (exact) mass is 376 g/mol. The van der Waals surface area contributed by atoms with Crippen molar-refractivity contribution in [3.8, 4) is 17.1 Å². The summed E-state index contributed by atoms with van der Waals surface area (Å²) < 4.78 is 5.50. The van der Waals surface area contributed by atoms with Gasteiger partial charge in [0.05, 0.1) is 11.8 Å². The Bertz CT molecular complexity index is 951. The summed E-state index contributed by atoms with van der Waals surface area (Å²) in [5.74, 6) is 0.369. The fourth-order valence-corrected chi connectivity index (χ4v) is 2.76. The minimum Gasteiger partial charge on any atom is -0.474 e. The van der Waals surface area contributed by atoms with Crippen molar-refractivity contribution in [2.24, 2.45) is 0 Å². The number of ether oxygens (including phenoxy) is 1. The van der Waals surface area contributed by atoms with Crippen molar-refractivity contribution >= 4 is 5.91 Å². The van der Waals surface area contributed by atoms with Crippen molar-refractivity contribution in [1.29, 1.82) is 0 Å². The number of nitrogens with zero attached hydrogens (tertiary/aromatic N) is 3. The lowest BCUT2D eigenvalue weighted by molar-refractivity contribution is 0.0951. The van der Waals surface area contributed by atoms with Gasteiger partial charge in [-0.15, -0.1) is 10.2 Å². The maximum absolute atomic E-state index is 12.4. The number of rotatable bonds is 6. The van der Waals surface area contributed by atoms with Crippen LogP contribution < -0.4 is 10.1 Å². The molecule has 0 radical (unpaired) electrons. The Kier molecular flexibility index (Phi) is 5.99. The summed E-state index contributed by atoms with van der Waals surface area (Å²) in [4.78, 5) is 16.7. The van der Waals surface area contributed by atoms with E-state index in [0.717, 1.165) is 28.1 Å². The third-order valence-electron chi connectivity index (χ3n) is 4.23. The van der Waals surface area contributed by atoms with Gasteiger partial charge in [-0.05, 0) is 63.1 Å². The predicted molar refractivity (Wildman–Crippen MR) is 108 cm³/mol. The van der Waals surface area contributed by atoms with Crippen LogP contribution in [-0.4, -0.2) is 27.2 Å². The molecule has 0 aliphatic carbocycles. The van der Waals surface area contributed by atoms with Crippen LogP contribution in [0.5, 0.6) is 5.88 Å². The molecule has 6 nitrogen and oxygen atoms in total. The molecule has 1 amide bonds. The molecule has 0 bridgehead atoms. The highest BCUT2D eigenvalue weighted by molar-refractivity contribution is 5.94. The molecule has 0 aliphatic rings. The number of carbonyl (C=O) groups is 1. The van der Waals surface area contributed by atoms with Gasteiger partial charge in [0, 0.05) is 35.6 Å². The minimum atomic E-state index is -0.127. The Hall–Kier alpha value is -3.28. The normalized spacial score (nSPS) is 10.8.